The largest absolute Gasteiger partial charge is 0.504 e. The average molecular weight is 372 g/mol. The number of hydrogen-bond donors (Lipinski definition) is 2. The van der Waals surface area contributed by atoms with Crippen molar-refractivity contribution < 1.29 is 29.2 Å². The fraction of sp³-hybridized carbons (Fsp3) is 0.429. The summed E-state index contributed by atoms with van der Waals surface area (Å²) in [6.07, 6.45) is 0.828. The van der Waals surface area contributed by atoms with Gasteiger partial charge in [0.05, 0.1) is 34.5 Å². The molecule has 1 aliphatic heterocycles. The minimum Gasteiger partial charge on any atom is -0.504 e. The van der Waals surface area contributed by atoms with E-state index in [0.717, 1.165) is 23.1 Å². The molecule has 1 aliphatic carbocycles. The Morgan fingerprint density at radius 2 is 1.56 bits per heavy atom. The second-order valence-corrected chi connectivity index (χ2v) is 7.14. The van der Waals surface area contributed by atoms with Gasteiger partial charge in [-0.15, -0.1) is 0 Å². The Bertz CT molecular complexity index is 837. The Kier molecular flexibility index (Phi) is 4.52. The Labute approximate surface area is 158 Å². The fourth-order valence-electron chi connectivity index (χ4n) is 4.52. The third kappa shape index (κ3) is 2.84. The molecule has 144 valence electrons. The smallest absolute Gasteiger partial charge is 0.203 e. The summed E-state index contributed by atoms with van der Waals surface area (Å²) in [6, 6.07) is 7.26. The van der Waals surface area contributed by atoms with Crippen LogP contribution in [0.3, 0.4) is 0 Å². The lowest BCUT2D eigenvalue weighted by atomic mass is 9.68. The van der Waals surface area contributed by atoms with Gasteiger partial charge in [-0.1, -0.05) is 0 Å². The maximum absolute atomic E-state index is 10.1. The van der Waals surface area contributed by atoms with E-state index in [2.05, 4.69) is 0 Å². The third-order valence-electron chi connectivity index (χ3n) is 5.78. The van der Waals surface area contributed by atoms with Crippen molar-refractivity contribution in [1.82, 2.24) is 0 Å². The quantitative estimate of drug-likeness (QED) is 0.804. The summed E-state index contributed by atoms with van der Waals surface area (Å²) < 4.78 is 22.3. The number of ether oxygens (including phenoxy) is 4. The van der Waals surface area contributed by atoms with Gasteiger partial charge in [-0.3, -0.25) is 0 Å². The zero-order valence-corrected chi connectivity index (χ0v) is 15.7. The van der Waals surface area contributed by atoms with E-state index in [-0.39, 0.29) is 23.3 Å². The summed E-state index contributed by atoms with van der Waals surface area (Å²) in [4.78, 5) is 0. The molecule has 1 fully saturated rings. The first-order chi connectivity index (χ1) is 13.1. The van der Waals surface area contributed by atoms with Gasteiger partial charge < -0.3 is 29.2 Å². The van der Waals surface area contributed by atoms with Crippen LogP contribution in [0.2, 0.25) is 0 Å². The van der Waals surface area contributed by atoms with Gasteiger partial charge in [-0.05, 0) is 59.2 Å². The molecule has 0 unspecified atom stereocenters. The van der Waals surface area contributed by atoms with Gasteiger partial charge in [-0.25, -0.2) is 0 Å². The number of rotatable bonds is 4. The number of hydrogen-bond acceptors (Lipinski definition) is 6. The topological polar surface area (TPSA) is 77.4 Å². The number of aromatic hydroxyl groups is 2. The molecule has 4 rings (SSSR count). The minimum absolute atomic E-state index is 0.00135. The third-order valence-corrected chi connectivity index (χ3v) is 5.78. The van der Waals surface area contributed by atoms with Gasteiger partial charge in [0.1, 0.15) is 0 Å². The van der Waals surface area contributed by atoms with Crippen molar-refractivity contribution in [3.8, 4) is 28.7 Å². The summed E-state index contributed by atoms with van der Waals surface area (Å²) in [5.41, 5.74) is 3.05. The molecule has 6 nitrogen and oxygen atoms in total. The lowest BCUT2D eigenvalue weighted by Crippen LogP contribution is -2.29. The standard InChI is InChI=1S/C21H24O6/c1-24-18-6-12(7-19(25-2)21(18)26-3)20-14-8-17(23)16(22)5-11(14)4-13-9-27-10-15(13)20/h5-8,13,15,20,22-23H,4,9-10H2,1-3H3/t13-,15-,20+/m0/s1. The predicted octanol–water partition coefficient (Wildman–Crippen LogP) is 3.07. The highest BCUT2D eigenvalue weighted by Crippen LogP contribution is 2.51. The van der Waals surface area contributed by atoms with Gasteiger partial charge in [-0.2, -0.15) is 0 Å². The van der Waals surface area contributed by atoms with E-state index in [9.17, 15) is 10.2 Å². The van der Waals surface area contributed by atoms with Crippen molar-refractivity contribution in [2.24, 2.45) is 11.8 Å². The molecule has 2 aromatic rings. The second-order valence-electron chi connectivity index (χ2n) is 7.14. The van der Waals surface area contributed by atoms with Crippen molar-refractivity contribution in [1.29, 1.82) is 0 Å². The molecule has 2 N–H and O–H groups in total. The molecule has 0 aromatic heterocycles. The van der Waals surface area contributed by atoms with Gasteiger partial charge in [0.2, 0.25) is 5.75 Å². The molecule has 0 amide bonds. The molecule has 0 saturated carbocycles. The van der Waals surface area contributed by atoms with E-state index in [4.69, 9.17) is 18.9 Å². The molecule has 27 heavy (non-hydrogen) atoms. The zero-order valence-electron chi connectivity index (χ0n) is 15.7. The monoisotopic (exact) mass is 372 g/mol. The molecule has 1 saturated heterocycles. The number of fused-ring (bicyclic) bond motifs is 2. The van der Waals surface area contributed by atoms with Crippen LogP contribution in [-0.4, -0.2) is 44.8 Å². The second kappa shape index (κ2) is 6.85. The summed E-state index contributed by atoms with van der Waals surface area (Å²) in [6.45, 7) is 1.36. The average Bonchev–Trinajstić information content (AvgIpc) is 3.14. The van der Waals surface area contributed by atoms with E-state index < -0.39 is 0 Å². The van der Waals surface area contributed by atoms with Crippen LogP contribution >= 0.6 is 0 Å². The molecule has 6 heteroatoms. The summed E-state index contributed by atoms with van der Waals surface area (Å²) in [5, 5.41) is 20.1. The Morgan fingerprint density at radius 1 is 0.889 bits per heavy atom. The molecule has 1 heterocycles. The molecule has 0 radical (unpaired) electrons. The fourth-order valence-corrected chi connectivity index (χ4v) is 4.52. The molecule has 0 bridgehead atoms. The SMILES string of the molecule is COc1cc([C@@H]2c3cc(O)c(O)cc3C[C@H]3COC[C@@H]32)cc(OC)c1OC. The Hall–Kier alpha value is -2.60. The predicted molar refractivity (Wildman–Crippen MR) is 99.2 cm³/mol. The lowest BCUT2D eigenvalue weighted by molar-refractivity contribution is 0.179. The Morgan fingerprint density at radius 3 is 2.19 bits per heavy atom. The van der Waals surface area contributed by atoms with Crippen molar-refractivity contribution in [2.45, 2.75) is 12.3 Å². The van der Waals surface area contributed by atoms with Crippen molar-refractivity contribution in [3.63, 3.8) is 0 Å². The van der Waals surface area contributed by atoms with Gasteiger partial charge in [0, 0.05) is 5.92 Å². The van der Waals surface area contributed by atoms with Crippen LogP contribution in [-0.2, 0) is 11.2 Å². The summed E-state index contributed by atoms with van der Waals surface area (Å²) in [7, 11) is 4.78. The highest BCUT2D eigenvalue weighted by atomic mass is 16.5. The van der Waals surface area contributed by atoms with Crippen LogP contribution in [0, 0.1) is 11.8 Å². The van der Waals surface area contributed by atoms with E-state index in [1.165, 1.54) is 0 Å². The van der Waals surface area contributed by atoms with Crippen LogP contribution in [0.1, 0.15) is 22.6 Å². The number of methoxy groups -OCH3 is 3. The molecule has 3 atom stereocenters. The first kappa shape index (κ1) is 17.8. The number of phenols is 2. The minimum atomic E-state index is -0.108. The van der Waals surface area contributed by atoms with Gasteiger partial charge in [0.15, 0.2) is 23.0 Å². The summed E-state index contributed by atoms with van der Waals surface area (Å²) >= 11 is 0. The molecular formula is C21H24O6. The van der Waals surface area contributed by atoms with Crippen LogP contribution in [0.25, 0.3) is 0 Å². The first-order valence-corrected chi connectivity index (χ1v) is 8.99. The maximum atomic E-state index is 10.1. The van der Waals surface area contributed by atoms with Crippen molar-refractivity contribution >= 4 is 0 Å². The van der Waals surface area contributed by atoms with Crippen LogP contribution in [0.4, 0.5) is 0 Å². The van der Waals surface area contributed by atoms with Crippen molar-refractivity contribution in [3.05, 3.63) is 41.0 Å². The summed E-state index contributed by atoms with van der Waals surface area (Å²) in [5.74, 6) is 2.19. The number of phenolic OH excluding ortho intramolecular Hbond substituents is 2. The maximum Gasteiger partial charge on any atom is 0.203 e. The Balaban J connectivity index is 1.91. The lowest BCUT2D eigenvalue weighted by Gasteiger charge is -2.35. The number of benzene rings is 2. The first-order valence-electron chi connectivity index (χ1n) is 8.99. The van der Waals surface area contributed by atoms with Gasteiger partial charge in [0.25, 0.3) is 0 Å². The van der Waals surface area contributed by atoms with E-state index >= 15 is 0 Å². The van der Waals surface area contributed by atoms with E-state index in [0.29, 0.717) is 36.4 Å². The molecule has 0 spiro atoms. The van der Waals surface area contributed by atoms with Gasteiger partial charge >= 0.3 is 0 Å². The van der Waals surface area contributed by atoms with Crippen LogP contribution < -0.4 is 14.2 Å². The van der Waals surface area contributed by atoms with Crippen molar-refractivity contribution in [2.75, 3.05) is 34.5 Å². The van der Waals surface area contributed by atoms with Crippen LogP contribution in [0.15, 0.2) is 24.3 Å². The molecule has 2 aliphatic rings. The molecular weight excluding hydrogens is 348 g/mol. The highest BCUT2D eigenvalue weighted by molar-refractivity contribution is 5.58. The highest BCUT2D eigenvalue weighted by Gasteiger charge is 2.42. The zero-order chi connectivity index (χ0) is 19.1. The van der Waals surface area contributed by atoms with E-state index in [1.54, 1.807) is 33.5 Å². The molecule has 2 aromatic carbocycles. The van der Waals surface area contributed by atoms with Crippen LogP contribution in [0.5, 0.6) is 28.7 Å². The van der Waals surface area contributed by atoms with E-state index in [1.807, 2.05) is 12.1 Å². The normalized spacial score (nSPS) is 23.4.